The molecule has 1 heterocycles. The number of amides is 2. The first-order valence-corrected chi connectivity index (χ1v) is 8.95. The molecule has 0 bridgehead atoms. The van der Waals surface area contributed by atoms with Crippen LogP contribution in [0, 0.1) is 12.8 Å². The van der Waals surface area contributed by atoms with Crippen LogP contribution in [0.3, 0.4) is 0 Å². The van der Waals surface area contributed by atoms with Gasteiger partial charge in [0.05, 0.1) is 5.92 Å². The Balaban J connectivity index is 1.51. The molecule has 0 aromatic heterocycles. The number of aryl methyl sites for hydroxylation is 1. The molecule has 1 unspecified atom stereocenters. The van der Waals surface area contributed by atoms with Crippen LogP contribution in [0.1, 0.15) is 18.4 Å². The highest BCUT2D eigenvalue weighted by Gasteiger charge is 2.28. The van der Waals surface area contributed by atoms with Crippen LogP contribution in [0.15, 0.2) is 54.6 Å². The van der Waals surface area contributed by atoms with Crippen LogP contribution in [0.4, 0.5) is 5.69 Å². The van der Waals surface area contributed by atoms with Crippen molar-refractivity contribution in [3.8, 4) is 5.75 Å². The number of carbonyl (C=O) groups excluding carboxylic acids is 2. The van der Waals surface area contributed by atoms with Crippen molar-refractivity contribution in [1.82, 2.24) is 4.90 Å². The summed E-state index contributed by atoms with van der Waals surface area (Å²) in [6.07, 6.45) is 1.62. The maximum absolute atomic E-state index is 12.5. The fraction of sp³-hybridized carbons (Fsp3) is 0.333. The topological polar surface area (TPSA) is 58.6 Å². The number of carbonyl (C=O) groups is 2. The maximum Gasteiger partial charge on any atom is 0.260 e. The smallest absolute Gasteiger partial charge is 0.260 e. The fourth-order valence-corrected chi connectivity index (χ4v) is 3.05. The molecule has 5 heteroatoms. The van der Waals surface area contributed by atoms with Crippen LogP contribution in [-0.2, 0) is 9.59 Å². The average Bonchev–Trinajstić information content (AvgIpc) is 2.68. The number of anilines is 1. The molecule has 136 valence electrons. The van der Waals surface area contributed by atoms with E-state index in [2.05, 4.69) is 5.32 Å². The molecule has 1 fully saturated rings. The quantitative estimate of drug-likeness (QED) is 0.899. The van der Waals surface area contributed by atoms with Crippen molar-refractivity contribution in [1.29, 1.82) is 0 Å². The molecule has 2 amide bonds. The number of piperidine rings is 1. The molecule has 2 aromatic carbocycles. The number of likely N-dealkylation sites (tertiary alicyclic amines) is 1. The average molecular weight is 352 g/mol. The zero-order chi connectivity index (χ0) is 18.4. The first-order chi connectivity index (χ1) is 12.6. The second-order valence-corrected chi connectivity index (χ2v) is 6.64. The van der Waals surface area contributed by atoms with Gasteiger partial charge in [0.15, 0.2) is 6.61 Å². The monoisotopic (exact) mass is 352 g/mol. The second kappa shape index (κ2) is 8.52. The predicted octanol–water partition coefficient (Wildman–Crippen LogP) is 3.25. The van der Waals surface area contributed by atoms with Gasteiger partial charge in [-0.1, -0.05) is 35.9 Å². The summed E-state index contributed by atoms with van der Waals surface area (Å²) in [7, 11) is 0. The van der Waals surface area contributed by atoms with E-state index in [0.717, 1.165) is 24.1 Å². The van der Waals surface area contributed by atoms with Gasteiger partial charge in [0, 0.05) is 18.8 Å². The Bertz CT molecular complexity index is 744. The molecule has 0 radical (unpaired) electrons. The third kappa shape index (κ3) is 4.85. The van der Waals surface area contributed by atoms with E-state index in [9.17, 15) is 9.59 Å². The van der Waals surface area contributed by atoms with Crippen molar-refractivity contribution < 1.29 is 14.3 Å². The molecular weight excluding hydrogens is 328 g/mol. The summed E-state index contributed by atoms with van der Waals surface area (Å²) in [5.74, 6) is 0.377. The molecule has 1 N–H and O–H groups in total. The lowest BCUT2D eigenvalue weighted by molar-refractivity contribution is -0.136. The van der Waals surface area contributed by atoms with E-state index >= 15 is 0 Å². The second-order valence-electron chi connectivity index (χ2n) is 6.64. The van der Waals surface area contributed by atoms with E-state index < -0.39 is 0 Å². The van der Waals surface area contributed by atoms with Gasteiger partial charge in [-0.05, 0) is 44.0 Å². The molecule has 1 aliphatic heterocycles. The molecule has 5 nitrogen and oxygen atoms in total. The summed E-state index contributed by atoms with van der Waals surface area (Å²) < 4.78 is 5.58. The van der Waals surface area contributed by atoms with Crippen molar-refractivity contribution in [2.75, 3.05) is 25.0 Å². The third-order valence-electron chi connectivity index (χ3n) is 4.57. The van der Waals surface area contributed by atoms with E-state index in [4.69, 9.17) is 4.74 Å². The van der Waals surface area contributed by atoms with Crippen LogP contribution in [-0.4, -0.2) is 36.4 Å². The standard InChI is InChI=1S/C21H24N2O3/c1-16-9-11-19(12-10-16)26-15-20(24)23-13-5-6-17(14-23)21(25)22-18-7-3-2-4-8-18/h2-4,7-12,17H,5-6,13-15H2,1H3,(H,22,25). The van der Waals surface area contributed by atoms with Crippen LogP contribution in [0.2, 0.25) is 0 Å². The van der Waals surface area contributed by atoms with Gasteiger partial charge < -0.3 is 15.0 Å². The van der Waals surface area contributed by atoms with Gasteiger partial charge in [-0.2, -0.15) is 0 Å². The summed E-state index contributed by atoms with van der Waals surface area (Å²) >= 11 is 0. The normalized spacial score (nSPS) is 16.8. The lowest BCUT2D eigenvalue weighted by Gasteiger charge is -2.32. The number of hydrogen-bond acceptors (Lipinski definition) is 3. The van der Waals surface area contributed by atoms with E-state index in [0.29, 0.717) is 18.8 Å². The van der Waals surface area contributed by atoms with Gasteiger partial charge in [0.2, 0.25) is 5.91 Å². The first kappa shape index (κ1) is 18.0. The minimum absolute atomic E-state index is 0.00388. The molecular formula is C21H24N2O3. The summed E-state index contributed by atoms with van der Waals surface area (Å²) in [6, 6.07) is 17.0. The number of rotatable bonds is 5. The molecule has 26 heavy (non-hydrogen) atoms. The number of para-hydroxylation sites is 1. The largest absolute Gasteiger partial charge is 0.484 e. The summed E-state index contributed by atoms with van der Waals surface area (Å²) in [5.41, 5.74) is 1.93. The number of nitrogens with zero attached hydrogens (tertiary/aromatic N) is 1. The third-order valence-corrected chi connectivity index (χ3v) is 4.57. The van der Waals surface area contributed by atoms with Gasteiger partial charge >= 0.3 is 0 Å². The molecule has 0 spiro atoms. The highest BCUT2D eigenvalue weighted by molar-refractivity contribution is 5.93. The van der Waals surface area contributed by atoms with Crippen molar-refractivity contribution in [3.63, 3.8) is 0 Å². The van der Waals surface area contributed by atoms with E-state index in [1.165, 1.54) is 0 Å². The molecule has 1 aliphatic rings. The predicted molar refractivity (Wildman–Crippen MR) is 101 cm³/mol. The van der Waals surface area contributed by atoms with Gasteiger partial charge in [-0.25, -0.2) is 0 Å². The van der Waals surface area contributed by atoms with Crippen LogP contribution in [0.5, 0.6) is 5.75 Å². The number of ether oxygens (including phenoxy) is 1. The minimum atomic E-state index is -0.188. The van der Waals surface area contributed by atoms with Crippen LogP contribution < -0.4 is 10.1 Å². The molecule has 2 aromatic rings. The maximum atomic E-state index is 12.5. The van der Waals surface area contributed by atoms with Crippen LogP contribution in [0.25, 0.3) is 0 Å². The van der Waals surface area contributed by atoms with E-state index in [-0.39, 0.29) is 24.3 Å². The Morgan fingerprint density at radius 2 is 1.85 bits per heavy atom. The number of hydrogen-bond donors (Lipinski definition) is 1. The van der Waals surface area contributed by atoms with Gasteiger partial charge in [-0.3, -0.25) is 9.59 Å². The van der Waals surface area contributed by atoms with Crippen LogP contribution >= 0.6 is 0 Å². The molecule has 1 saturated heterocycles. The Morgan fingerprint density at radius 3 is 2.58 bits per heavy atom. The first-order valence-electron chi connectivity index (χ1n) is 8.95. The van der Waals surface area contributed by atoms with Gasteiger partial charge in [0.25, 0.3) is 5.91 Å². The van der Waals surface area contributed by atoms with E-state index in [1.54, 1.807) is 4.90 Å². The summed E-state index contributed by atoms with van der Waals surface area (Å²) in [6.45, 7) is 3.11. The minimum Gasteiger partial charge on any atom is -0.484 e. The molecule has 0 saturated carbocycles. The summed E-state index contributed by atoms with van der Waals surface area (Å²) in [4.78, 5) is 26.6. The Morgan fingerprint density at radius 1 is 1.12 bits per heavy atom. The van der Waals surface area contributed by atoms with Crippen molar-refractivity contribution in [2.45, 2.75) is 19.8 Å². The lowest BCUT2D eigenvalue weighted by Crippen LogP contribution is -2.45. The molecule has 1 atom stereocenters. The Labute approximate surface area is 154 Å². The number of benzene rings is 2. The Hall–Kier alpha value is -2.82. The zero-order valence-corrected chi connectivity index (χ0v) is 15.0. The van der Waals surface area contributed by atoms with Gasteiger partial charge in [-0.15, -0.1) is 0 Å². The zero-order valence-electron chi connectivity index (χ0n) is 15.0. The fourth-order valence-electron chi connectivity index (χ4n) is 3.05. The Kier molecular flexibility index (Phi) is 5.89. The highest BCUT2D eigenvalue weighted by atomic mass is 16.5. The number of nitrogens with one attached hydrogen (secondary N) is 1. The molecule has 3 rings (SSSR count). The van der Waals surface area contributed by atoms with Crippen molar-refractivity contribution in [2.24, 2.45) is 5.92 Å². The van der Waals surface area contributed by atoms with Gasteiger partial charge in [0.1, 0.15) is 5.75 Å². The SMILES string of the molecule is Cc1ccc(OCC(=O)N2CCCC(C(=O)Nc3ccccc3)C2)cc1. The lowest BCUT2D eigenvalue weighted by atomic mass is 9.97. The van der Waals surface area contributed by atoms with E-state index in [1.807, 2.05) is 61.5 Å². The van der Waals surface area contributed by atoms with Crippen molar-refractivity contribution >= 4 is 17.5 Å². The highest BCUT2D eigenvalue weighted by Crippen LogP contribution is 2.19. The summed E-state index contributed by atoms with van der Waals surface area (Å²) in [5, 5.41) is 2.93. The van der Waals surface area contributed by atoms with Crippen molar-refractivity contribution in [3.05, 3.63) is 60.2 Å². The molecule has 0 aliphatic carbocycles.